The van der Waals surface area contributed by atoms with E-state index in [1.807, 2.05) is 11.0 Å². The van der Waals surface area contributed by atoms with Crippen LogP contribution in [0, 0.1) is 0 Å². The van der Waals surface area contributed by atoms with Crippen LogP contribution in [0.2, 0.25) is 0 Å². The summed E-state index contributed by atoms with van der Waals surface area (Å²) in [6, 6.07) is 5.35. The first-order chi connectivity index (χ1) is 10.8. The van der Waals surface area contributed by atoms with Crippen molar-refractivity contribution in [3.8, 4) is 11.3 Å². The molecule has 0 amide bonds. The summed E-state index contributed by atoms with van der Waals surface area (Å²) in [4.78, 5) is 26.1. The lowest BCUT2D eigenvalue weighted by atomic mass is 10.1. The molecule has 7 heteroatoms. The number of rotatable bonds is 2. The van der Waals surface area contributed by atoms with Crippen LogP contribution in [-0.4, -0.2) is 41.3 Å². The first-order valence-electron chi connectivity index (χ1n) is 7.08. The third-order valence-corrected chi connectivity index (χ3v) is 3.69. The monoisotopic (exact) mass is 298 g/mol. The van der Waals surface area contributed by atoms with Crippen molar-refractivity contribution in [2.24, 2.45) is 0 Å². The summed E-state index contributed by atoms with van der Waals surface area (Å²) in [5.41, 5.74) is 0.891. The van der Waals surface area contributed by atoms with E-state index in [0.717, 1.165) is 0 Å². The molecule has 0 spiro atoms. The van der Waals surface area contributed by atoms with E-state index in [9.17, 15) is 4.79 Å². The summed E-state index contributed by atoms with van der Waals surface area (Å²) in [5.74, 6) is 1.16. The first-order valence-corrected chi connectivity index (χ1v) is 7.08. The lowest BCUT2D eigenvalue weighted by Gasteiger charge is -2.27. The number of furan rings is 1. The Labute approximate surface area is 125 Å². The molecular weight excluding hydrogens is 284 g/mol. The second-order valence-corrected chi connectivity index (χ2v) is 5.02. The Hall–Kier alpha value is -2.67. The zero-order valence-corrected chi connectivity index (χ0v) is 11.8. The van der Waals surface area contributed by atoms with Crippen molar-refractivity contribution >= 4 is 17.0 Å². The number of anilines is 1. The van der Waals surface area contributed by atoms with Crippen LogP contribution >= 0.6 is 0 Å². The largest absolute Gasteiger partial charge is 0.464 e. The normalized spacial score (nSPS) is 15.4. The van der Waals surface area contributed by atoms with E-state index < -0.39 is 0 Å². The van der Waals surface area contributed by atoms with E-state index in [4.69, 9.17) is 9.15 Å². The Morgan fingerprint density at radius 1 is 1.23 bits per heavy atom. The quantitative estimate of drug-likeness (QED) is 0.770. The molecular formula is C15H14N4O3. The van der Waals surface area contributed by atoms with Gasteiger partial charge in [0.25, 0.3) is 5.56 Å². The lowest BCUT2D eigenvalue weighted by Crippen LogP contribution is -2.38. The first kappa shape index (κ1) is 13.0. The smallest absolute Gasteiger partial charge is 0.262 e. The average Bonchev–Trinajstić information content (AvgIpc) is 3.09. The Morgan fingerprint density at radius 2 is 2.09 bits per heavy atom. The summed E-state index contributed by atoms with van der Waals surface area (Å²) in [7, 11) is 0. The van der Waals surface area contributed by atoms with Crippen LogP contribution in [0.3, 0.4) is 0 Å². The minimum atomic E-state index is -0.217. The highest BCUT2D eigenvalue weighted by Gasteiger charge is 2.17. The summed E-state index contributed by atoms with van der Waals surface area (Å²) in [6.07, 6.45) is 3.21. The Balaban J connectivity index is 1.88. The SMILES string of the molecule is O=c1[nH]c(N2CCOCC2)nc2nccc(-c3ccco3)c12. The van der Waals surface area contributed by atoms with E-state index in [1.165, 1.54) is 0 Å². The molecule has 0 aromatic carbocycles. The van der Waals surface area contributed by atoms with Crippen molar-refractivity contribution in [3.05, 3.63) is 41.0 Å². The molecule has 1 fully saturated rings. The topological polar surface area (TPSA) is 84.2 Å². The molecule has 0 radical (unpaired) electrons. The van der Waals surface area contributed by atoms with Gasteiger partial charge in [0.1, 0.15) is 5.76 Å². The molecule has 1 N–H and O–H groups in total. The van der Waals surface area contributed by atoms with Crippen molar-refractivity contribution in [1.29, 1.82) is 0 Å². The number of aromatic nitrogens is 3. The van der Waals surface area contributed by atoms with Gasteiger partial charge in [-0.2, -0.15) is 4.98 Å². The average molecular weight is 298 g/mol. The third-order valence-electron chi connectivity index (χ3n) is 3.69. The molecule has 4 heterocycles. The molecule has 0 aliphatic carbocycles. The number of nitrogens with zero attached hydrogens (tertiary/aromatic N) is 3. The van der Waals surface area contributed by atoms with Gasteiger partial charge in [-0.3, -0.25) is 9.78 Å². The molecule has 112 valence electrons. The van der Waals surface area contributed by atoms with Gasteiger partial charge >= 0.3 is 0 Å². The van der Waals surface area contributed by atoms with Gasteiger partial charge in [-0.25, -0.2) is 4.98 Å². The Morgan fingerprint density at radius 3 is 2.86 bits per heavy atom. The molecule has 1 aliphatic rings. The van der Waals surface area contributed by atoms with E-state index in [2.05, 4.69) is 15.0 Å². The molecule has 1 aliphatic heterocycles. The van der Waals surface area contributed by atoms with Crippen LogP contribution in [0.1, 0.15) is 0 Å². The van der Waals surface area contributed by atoms with Crippen LogP contribution in [-0.2, 0) is 4.74 Å². The number of ether oxygens (including phenoxy) is 1. The van der Waals surface area contributed by atoms with Crippen LogP contribution < -0.4 is 10.5 Å². The molecule has 22 heavy (non-hydrogen) atoms. The maximum atomic E-state index is 12.5. The van der Waals surface area contributed by atoms with Gasteiger partial charge in [0.2, 0.25) is 5.95 Å². The fourth-order valence-electron chi connectivity index (χ4n) is 2.61. The highest BCUT2D eigenvalue weighted by atomic mass is 16.5. The van der Waals surface area contributed by atoms with Crippen molar-refractivity contribution in [2.45, 2.75) is 0 Å². The molecule has 0 atom stereocenters. The molecule has 3 aromatic heterocycles. The molecule has 0 unspecified atom stereocenters. The number of aromatic amines is 1. The minimum Gasteiger partial charge on any atom is -0.464 e. The maximum Gasteiger partial charge on any atom is 0.262 e. The highest BCUT2D eigenvalue weighted by Crippen LogP contribution is 2.25. The van der Waals surface area contributed by atoms with Gasteiger partial charge in [0.15, 0.2) is 5.65 Å². The number of nitrogens with one attached hydrogen (secondary N) is 1. The number of pyridine rings is 1. The second kappa shape index (κ2) is 5.27. The van der Waals surface area contributed by atoms with E-state index in [-0.39, 0.29) is 5.56 Å². The second-order valence-electron chi connectivity index (χ2n) is 5.02. The summed E-state index contributed by atoms with van der Waals surface area (Å²) in [6.45, 7) is 2.65. The third kappa shape index (κ3) is 2.15. The number of fused-ring (bicyclic) bond motifs is 1. The predicted molar refractivity (Wildman–Crippen MR) is 80.9 cm³/mol. The zero-order chi connectivity index (χ0) is 14.9. The number of morpholine rings is 1. The van der Waals surface area contributed by atoms with Gasteiger partial charge in [-0.05, 0) is 18.2 Å². The van der Waals surface area contributed by atoms with Crippen molar-refractivity contribution in [2.75, 3.05) is 31.2 Å². The fraction of sp³-hybridized carbons (Fsp3) is 0.267. The maximum absolute atomic E-state index is 12.5. The van der Waals surface area contributed by atoms with Crippen LogP contribution in [0.15, 0.2) is 39.9 Å². The van der Waals surface area contributed by atoms with Crippen LogP contribution in [0.25, 0.3) is 22.4 Å². The van der Waals surface area contributed by atoms with Crippen LogP contribution in [0.5, 0.6) is 0 Å². The molecule has 0 bridgehead atoms. The minimum absolute atomic E-state index is 0.217. The zero-order valence-electron chi connectivity index (χ0n) is 11.8. The van der Waals surface area contributed by atoms with Crippen molar-refractivity contribution in [3.63, 3.8) is 0 Å². The van der Waals surface area contributed by atoms with Crippen LogP contribution in [0.4, 0.5) is 5.95 Å². The molecule has 0 saturated carbocycles. The number of hydrogen-bond donors (Lipinski definition) is 1. The van der Waals surface area contributed by atoms with E-state index in [1.54, 1.807) is 24.6 Å². The summed E-state index contributed by atoms with van der Waals surface area (Å²) >= 11 is 0. The highest BCUT2D eigenvalue weighted by molar-refractivity contribution is 5.90. The van der Waals surface area contributed by atoms with E-state index in [0.29, 0.717) is 54.6 Å². The summed E-state index contributed by atoms with van der Waals surface area (Å²) in [5, 5.41) is 0.439. The molecule has 7 nitrogen and oxygen atoms in total. The lowest BCUT2D eigenvalue weighted by molar-refractivity contribution is 0.122. The molecule has 1 saturated heterocycles. The van der Waals surface area contributed by atoms with Crippen molar-refractivity contribution < 1.29 is 9.15 Å². The van der Waals surface area contributed by atoms with Gasteiger partial charge in [0, 0.05) is 24.8 Å². The number of hydrogen-bond acceptors (Lipinski definition) is 6. The van der Waals surface area contributed by atoms with Crippen molar-refractivity contribution in [1.82, 2.24) is 15.0 Å². The predicted octanol–water partition coefficient (Wildman–Crippen LogP) is 1.41. The Bertz CT molecular complexity index is 851. The fourth-order valence-corrected chi connectivity index (χ4v) is 2.61. The molecule has 3 aromatic rings. The number of H-pyrrole nitrogens is 1. The van der Waals surface area contributed by atoms with Gasteiger partial charge < -0.3 is 14.1 Å². The molecule has 4 rings (SSSR count). The van der Waals surface area contributed by atoms with Gasteiger partial charge in [-0.1, -0.05) is 0 Å². The van der Waals surface area contributed by atoms with Gasteiger partial charge in [-0.15, -0.1) is 0 Å². The van der Waals surface area contributed by atoms with E-state index >= 15 is 0 Å². The Kier molecular flexibility index (Phi) is 3.12. The standard InChI is InChI=1S/C15H14N4O3/c20-14-12-10(11-2-1-7-22-11)3-4-16-13(12)17-15(18-14)19-5-8-21-9-6-19/h1-4,7H,5-6,8-9H2,(H,16,17,18,20). The summed E-state index contributed by atoms with van der Waals surface area (Å²) < 4.78 is 10.7. The van der Waals surface area contributed by atoms with Gasteiger partial charge in [0.05, 0.1) is 24.9 Å².